The van der Waals surface area contributed by atoms with Crippen LogP contribution in [0.2, 0.25) is 0 Å². The van der Waals surface area contributed by atoms with E-state index in [1.54, 1.807) is 31.2 Å². The quantitative estimate of drug-likeness (QED) is 0.632. The van der Waals surface area contributed by atoms with Gasteiger partial charge in [0, 0.05) is 18.2 Å². The van der Waals surface area contributed by atoms with Crippen LogP contribution in [0.5, 0.6) is 5.75 Å². The maximum absolute atomic E-state index is 12.7. The number of carbonyl (C=O) groups excluding carboxylic acids is 1. The zero-order valence-electron chi connectivity index (χ0n) is 17.8. The highest BCUT2D eigenvalue weighted by atomic mass is 16.5. The van der Waals surface area contributed by atoms with E-state index in [-0.39, 0.29) is 17.9 Å². The van der Waals surface area contributed by atoms with Crippen molar-refractivity contribution in [2.24, 2.45) is 0 Å². The molecule has 1 heterocycles. The molecule has 2 aromatic carbocycles. The van der Waals surface area contributed by atoms with Crippen molar-refractivity contribution in [3.8, 4) is 17.1 Å². The third-order valence-electron chi connectivity index (χ3n) is 4.84. The molecule has 6 heteroatoms. The Bertz CT molecular complexity index is 1000. The van der Waals surface area contributed by atoms with Crippen LogP contribution in [0.3, 0.4) is 0 Å². The normalized spacial score (nSPS) is 11.4. The summed E-state index contributed by atoms with van der Waals surface area (Å²) in [5.41, 5.74) is 3.70. The van der Waals surface area contributed by atoms with Crippen LogP contribution in [0.1, 0.15) is 48.1 Å². The second-order valence-electron chi connectivity index (χ2n) is 8.18. The number of methoxy groups -OCH3 is 1. The lowest BCUT2D eigenvalue weighted by atomic mass is 9.87. The molecule has 3 rings (SSSR count). The molecule has 0 aliphatic carbocycles. The number of amides is 1. The minimum Gasteiger partial charge on any atom is -0.496 e. The summed E-state index contributed by atoms with van der Waals surface area (Å²) in [5.74, 6) is 1.54. The fourth-order valence-corrected chi connectivity index (χ4v) is 3.06. The van der Waals surface area contributed by atoms with E-state index in [0.717, 1.165) is 16.9 Å². The van der Waals surface area contributed by atoms with Gasteiger partial charge in [-0.15, -0.1) is 0 Å². The van der Waals surface area contributed by atoms with E-state index < -0.39 is 0 Å². The first kappa shape index (κ1) is 20.6. The van der Waals surface area contributed by atoms with Crippen molar-refractivity contribution in [2.75, 3.05) is 14.2 Å². The van der Waals surface area contributed by atoms with Crippen LogP contribution in [-0.4, -0.2) is 35.1 Å². The van der Waals surface area contributed by atoms with Gasteiger partial charge in [-0.3, -0.25) is 4.79 Å². The van der Waals surface area contributed by atoms with Gasteiger partial charge in [0.25, 0.3) is 5.91 Å². The predicted molar refractivity (Wildman–Crippen MR) is 112 cm³/mol. The Kier molecular flexibility index (Phi) is 5.73. The summed E-state index contributed by atoms with van der Waals surface area (Å²) in [6, 6.07) is 13.5. The first-order valence-electron chi connectivity index (χ1n) is 9.52. The highest BCUT2D eigenvalue weighted by molar-refractivity contribution is 5.94. The summed E-state index contributed by atoms with van der Waals surface area (Å²) < 4.78 is 10.6. The number of aryl methyl sites for hydroxylation is 1. The van der Waals surface area contributed by atoms with Crippen molar-refractivity contribution in [2.45, 2.75) is 39.7 Å². The molecule has 1 amide bonds. The molecule has 0 unspecified atom stereocenters. The minimum atomic E-state index is -0.120. The highest BCUT2D eigenvalue weighted by Crippen LogP contribution is 2.25. The molecule has 3 aromatic rings. The van der Waals surface area contributed by atoms with E-state index in [1.165, 1.54) is 5.56 Å². The van der Waals surface area contributed by atoms with Crippen molar-refractivity contribution < 1.29 is 14.1 Å². The SMILES string of the molecule is COc1ccc(C(=O)N(C)Cc2nc(-c3ccc(C(C)(C)C)cc3)no2)cc1C. The number of hydrogen-bond donors (Lipinski definition) is 0. The van der Waals surface area contributed by atoms with Gasteiger partial charge in [0.2, 0.25) is 11.7 Å². The first-order valence-corrected chi connectivity index (χ1v) is 9.52. The Morgan fingerprint density at radius 1 is 1.14 bits per heavy atom. The van der Waals surface area contributed by atoms with Crippen molar-refractivity contribution in [1.29, 1.82) is 0 Å². The Morgan fingerprint density at radius 3 is 2.41 bits per heavy atom. The van der Waals surface area contributed by atoms with Gasteiger partial charge in [0.05, 0.1) is 13.7 Å². The number of carbonyl (C=O) groups is 1. The van der Waals surface area contributed by atoms with Crippen molar-refractivity contribution in [1.82, 2.24) is 15.0 Å². The average Bonchev–Trinajstić information content (AvgIpc) is 3.15. The van der Waals surface area contributed by atoms with Crippen LogP contribution in [0, 0.1) is 6.92 Å². The lowest BCUT2D eigenvalue weighted by Gasteiger charge is -2.18. The molecule has 0 radical (unpaired) electrons. The summed E-state index contributed by atoms with van der Waals surface area (Å²) in [6.45, 7) is 8.66. The lowest BCUT2D eigenvalue weighted by molar-refractivity contribution is 0.0769. The molecule has 0 saturated carbocycles. The predicted octanol–water partition coefficient (Wildman–Crippen LogP) is 4.62. The van der Waals surface area contributed by atoms with Gasteiger partial charge in [0.1, 0.15) is 5.75 Å². The fourth-order valence-electron chi connectivity index (χ4n) is 3.06. The van der Waals surface area contributed by atoms with Gasteiger partial charge in [-0.05, 0) is 41.7 Å². The largest absolute Gasteiger partial charge is 0.496 e. The van der Waals surface area contributed by atoms with Crippen molar-refractivity contribution in [3.05, 3.63) is 65.0 Å². The van der Waals surface area contributed by atoms with E-state index in [1.807, 2.05) is 25.1 Å². The highest BCUT2D eigenvalue weighted by Gasteiger charge is 2.18. The molecule has 0 fully saturated rings. The number of aromatic nitrogens is 2. The molecule has 0 bridgehead atoms. The summed E-state index contributed by atoms with van der Waals surface area (Å²) in [4.78, 5) is 18.7. The number of rotatable bonds is 5. The number of hydrogen-bond acceptors (Lipinski definition) is 5. The molecule has 29 heavy (non-hydrogen) atoms. The Hall–Kier alpha value is -3.15. The number of benzene rings is 2. The molecule has 0 atom stereocenters. The average molecular weight is 393 g/mol. The topological polar surface area (TPSA) is 68.5 Å². The molecule has 0 spiro atoms. The van der Waals surface area contributed by atoms with Crippen LogP contribution >= 0.6 is 0 Å². The van der Waals surface area contributed by atoms with Gasteiger partial charge in [-0.1, -0.05) is 50.2 Å². The summed E-state index contributed by atoms with van der Waals surface area (Å²) >= 11 is 0. The van der Waals surface area contributed by atoms with Crippen molar-refractivity contribution >= 4 is 5.91 Å². The van der Waals surface area contributed by atoms with Gasteiger partial charge in [-0.2, -0.15) is 4.98 Å². The molecular formula is C23H27N3O3. The monoisotopic (exact) mass is 393 g/mol. The first-order chi connectivity index (χ1) is 13.7. The molecule has 0 aliphatic rings. The third-order valence-corrected chi connectivity index (χ3v) is 4.84. The third kappa shape index (κ3) is 4.65. The summed E-state index contributed by atoms with van der Waals surface area (Å²) in [6.07, 6.45) is 0. The summed E-state index contributed by atoms with van der Waals surface area (Å²) in [7, 11) is 3.32. The van der Waals surface area contributed by atoms with Crippen LogP contribution in [0.15, 0.2) is 47.0 Å². The van der Waals surface area contributed by atoms with Crippen LogP contribution in [-0.2, 0) is 12.0 Å². The molecule has 1 aromatic heterocycles. The Balaban J connectivity index is 1.71. The van der Waals surface area contributed by atoms with E-state index in [9.17, 15) is 4.79 Å². The maximum atomic E-state index is 12.7. The van der Waals surface area contributed by atoms with E-state index in [4.69, 9.17) is 9.26 Å². The van der Waals surface area contributed by atoms with Gasteiger partial charge >= 0.3 is 0 Å². The van der Waals surface area contributed by atoms with Gasteiger partial charge in [-0.25, -0.2) is 0 Å². The Labute approximate surface area is 171 Å². The molecule has 0 N–H and O–H groups in total. The molecule has 6 nitrogen and oxygen atoms in total. The number of nitrogens with zero attached hydrogens (tertiary/aromatic N) is 3. The lowest BCUT2D eigenvalue weighted by Crippen LogP contribution is -2.26. The van der Waals surface area contributed by atoms with Gasteiger partial charge in [0.15, 0.2) is 0 Å². The Morgan fingerprint density at radius 2 is 1.83 bits per heavy atom. The second-order valence-corrected chi connectivity index (χ2v) is 8.18. The van der Waals surface area contributed by atoms with E-state index in [0.29, 0.717) is 17.3 Å². The van der Waals surface area contributed by atoms with Crippen LogP contribution < -0.4 is 4.74 Å². The molecular weight excluding hydrogens is 366 g/mol. The van der Waals surface area contributed by atoms with Crippen LogP contribution in [0.25, 0.3) is 11.4 Å². The zero-order valence-corrected chi connectivity index (χ0v) is 17.8. The van der Waals surface area contributed by atoms with Crippen molar-refractivity contribution in [3.63, 3.8) is 0 Å². The summed E-state index contributed by atoms with van der Waals surface area (Å²) in [5, 5.41) is 4.06. The van der Waals surface area contributed by atoms with Gasteiger partial charge < -0.3 is 14.2 Å². The second kappa shape index (κ2) is 8.07. The van der Waals surface area contributed by atoms with E-state index >= 15 is 0 Å². The standard InChI is InChI=1S/C23H27N3O3/c1-15-13-17(9-12-19(15)28-6)22(27)26(5)14-20-24-21(25-29-20)16-7-10-18(11-8-16)23(2,3)4/h7-13H,14H2,1-6H3. The zero-order chi connectivity index (χ0) is 21.2. The minimum absolute atomic E-state index is 0.0871. The molecule has 0 aliphatic heterocycles. The van der Waals surface area contributed by atoms with E-state index in [2.05, 4.69) is 43.0 Å². The molecule has 0 saturated heterocycles. The smallest absolute Gasteiger partial charge is 0.254 e. The molecule has 152 valence electrons. The maximum Gasteiger partial charge on any atom is 0.254 e. The fraction of sp³-hybridized carbons (Fsp3) is 0.348. The number of ether oxygens (including phenoxy) is 1. The van der Waals surface area contributed by atoms with Crippen LogP contribution in [0.4, 0.5) is 0 Å².